The highest BCUT2D eigenvalue weighted by Crippen LogP contribution is 2.24. The molecule has 1 atom stereocenters. The molecule has 1 aromatic rings. The number of rotatable bonds is 4. The lowest BCUT2D eigenvalue weighted by molar-refractivity contribution is -0.123. The minimum Gasteiger partial charge on any atom is -0.350 e. The van der Waals surface area contributed by atoms with Gasteiger partial charge in [0.1, 0.15) is 6.04 Å². The fourth-order valence-corrected chi connectivity index (χ4v) is 3.25. The minimum absolute atomic E-state index is 0.363. The molecule has 1 amide bonds. The first-order valence-electron chi connectivity index (χ1n) is 6.49. The predicted octanol–water partition coefficient (Wildman–Crippen LogP) is 2.41. The summed E-state index contributed by atoms with van der Waals surface area (Å²) in [6, 6.07) is 5.53. The van der Waals surface area contributed by atoms with Crippen LogP contribution in [0.25, 0.3) is 0 Å². The SMILES string of the molecule is C[C@@H](C(=O)NC(C)(C)C)N(c1cccc(Cl)c1)S(C)(=O)=O. The maximum Gasteiger partial charge on any atom is 0.244 e. The number of halogens is 1. The Morgan fingerprint density at radius 3 is 2.33 bits per heavy atom. The molecule has 118 valence electrons. The van der Waals surface area contributed by atoms with Gasteiger partial charge in [-0.2, -0.15) is 0 Å². The van der Waals surface area contributed by atoms with Crippen LogP contribution < -0.4 is 9.62 Å². The molecule has 21 heavy (non-hydrogen) atoms. The number of anilines is 1. The molecule has 1 rings (SSSR count). The molecule has 0 bridgehead atoms. The minimum atomic E-state index is -3.62. The first-order valence-corrected chi connectivity index (χ1v) is 8.71. The van der Waals surface area contributed by atoms with Gasteiger partial charge in [-0.1, -0.05) is 17.7 Å². The van der Waals surface area contributed by atoms with E-state index in [-0.39, 0.29) is 5.91 Å². The average Bonchev–Trinajstić information content (AvgIpc) is 2.24. The first-order chi connectivity index (χ1) is 9.42. The number of hydrogen-bond donors (Lipinski definition) is 1. The zero-order chi connectivity index (χ0) is 16.4. The molecule has 0 aliphatic heterocycles. The van der Waals surface area contributed by atoms with Crippen LogP contribution in [0.5, 0.6) is 0 Å². The Kier molecular flexibility index (Phi) is 5.28. The molecule has 0 saturated heterocycles. The molecule has 1 N–H and O–H groups in total. The van der Waals surface area contributed by atoms with Gasteiger partial charge in [-0.25, -0.2) is 8.42 Å². The molecule has 0 unspecified atom stereocenters. The van der Waals surface area contributed by atoms with Gasteiger partial charge in [-0.3, -0.25) is 9.10 Å². The Balaban J connectivity index is 3.19. The molecule has 0 aliphatic carbocycles. The van der Waals surface area contributed by atoms with Crippen molar-refractivity contribution >= 4 is 33.2 Å². The van der Waals surface area contributed by atoms with Crippen molar-refractivity contribution in [1.29, 1.82) is 0 Å². The highest BCUT2D eigenvalue weighted by molar-refractivity contribution is 7.92. The van der Waals surface area contributed by atoms with Gasteiger partial charge in [0.05, 0.1) is 11.9 Å². The van der Waals surface area contributed by atoms with E-state index >= 15 is 0 Å². The third kappa shape index (κ3) is 5.21. The van der Waals surface area contributed by atoms with Crippen LogP contribution >= 0.6 is 11.6 Å². The van der Waals surface area contributed by atoms with E-state index in [1.807, 2.05) is 20.8 Å². The van der Waals surface area contributed by atoms with E-state index in [0.717, 1.165) is 10.6 Å². The number of hydrogen-bond acceptors (Lipinski definition) is 3. The number of nitrogens with zero attached hydrogens (tertiary/aromatic N) is 1. The lowest BCUT2D eigenvalue weighted by Gasteiger charge is -2.31. The van der Waals surface area contributed by atoms with E-state index in [2.05, 4.69) is 5.32 Å². The van der Waals surface area contributed by atoms with E-state index < -0.39 is 21.6 Å². The molecule has 1 aromatic carbocycles. The third-order valence-electron chi connectivity index (χ3n) is 2.65. The second-order valence-corrected chi connectivity index (χ2v) is 8.25. The van der Waals surface area contributed by atoms with Crippen LogP contribution in [0.1, 0.15) is 27.7 Å². The molecule has 0 saturated carbocycles. The molecule has 0 radical (unpaired) electrons. The predicted molar refractivity (Wildman–Crippen MR) is 86.1 cm³/mol. The lowest BCUT2D eigenvalue weighted by atomic mass is 10.1. The van der Waals surface area contributed by atoms with Crippen molar-refractivity contribution in [2.75, 3.05) is 10.6 Å². The van der Waals surface area contributed by atoms with Gasteiger partial charge in [0.15, 0.2) is 0 Å². The summed E-state index contributed by atoms with van der Waals surface area (Å²) in [4.78, 5) is 12.3. The van der Waals surface area contributed by atoms with Crippen LogP contribution in [0.15, 0.2) is 24.3 Å². The summed E-state index contributed by atoms with van der Waals surface area (Å²) in [7, 11) is -3.62. The van der Waals surface area contributed by atoms with Crippen molar-refractivity contribution in [3.8, 4) is 0 Å². The second kappa shape index (κ2) is 6.23. The molecular formula is C14H21ClN2O3S. The molecule has 0 heterocycles. The third-order valence-corrected chi connectivity index (χ3v) is 4.13. The largest absolute Gasteiger partial charge is 0.350 e. The highest BCUT2D eigenvalue weighted by Gasteiger charge is 2.30. The van der Waals surface area contributed by atoms with E-state index in [4.69, 9.17) is 11.6 Å². The van der Waals surface area contributed by atoms with Crippen molar-refractivity contribution in [3.63, 3.8) is 0 Å². The van der Waals surface area contributed by atoms with Crippen molar-refractivity contribution in [2.45, 2.75) is 39.3 Å². The van der Waals surface area contributed by atoms with Gasteiger partial charge in [0, 0.05) is 10.6 Å². The van der Waals surface area contributed by atoms with E-state index in [1.165, 1.54) is 6.07 Å². The Morgan fingerprint density at radius 2 is 1.90 bits per heavy atom. The maximum atomic E-state index is 12.3. The summed E-state index contributed by atoms with van der Waals surface area (Å²) in [6.45, 7) is 7.05. The Bertz CT molecular complexity index is 623. The average molecular weight is 333 g/mol. The van der Waals surface area contributed by atoms with Crippen LogP contribution in [0, 0.1) is 0 Å². The quantitative estimate of drug-likeness (QED) is 0.920. The fraction of sp³-hybridized carbons (Fsp3) is 0.500. The van der Waals surface area contributed by atoms with Crippen LogP contribution in [-0.4, -0.2) is 32.2 Å². The summed E-state index contributed by atoms with van der Waals surface area (Å²) in [5, 5.41) is 3.18. The Morgan fingerprint density at radius 1 is 1.33 bits per heavy atom. The molecular weight excluding hydrogens is 312 g/mol. The monoisotopic (exact) mass is 332 g/mol. The summed E-state index contributed by atoms with van der Waals surface area (Å²) >= 11 is 5.91. The highest BCUT2D eigenvalue weighted by atomic mass is 35.5. The normalized spacial score (nSPS) is 13.6. The molecule has 7 heteroatoms. The smallest absolute Gasteiger partial charge is 0.244 e. The van der Waals surface area contributed by atoms with Crippen LogP contribution in [0.3, 0.4) is 0 Å². The van der Waals surface area contributed by atoms with Gasteiger partial charge in [0.2, 0.25) is 15.9 Å². The summed E-state index contributed by atoms with van der Waals surface area (Å²) < 4.78 is 25.2. The van der Waals surface area contributed by atoms with Gasteiger partial charge >= 0.3 is 0 Å². The van der Waals surface area contributed by atoms with E-state index in [0.29, 0.717) is 10.7 Å². The van der Waals surface area contributed by atoms with Crippen molar-refractivity contribution in [2.24, 2.45) is 0 Å². The summed E-state index contributed by atoms with van der Waals surface area (Å²) in [5.74, 6) is -0.368. The number of carbonyl (C=O) groups excluding carboxylic acids is 1. The number of amides is 1. The second-order valence-electron chi connectivity index (χ2n) is 5.95. The molecule has 0 aromatic heterocycles. The van der Waals surface area contributed by atoms with Crippen molar-refractivity contribution in [3.05, 3.63) is 29.3 Å². The van der Waals surface area contributed by atoms with Crippen LogP contribution in [-0.2, 0) is 14.8 Å². The van der Waals surface area contributed by atoms with Crippen molar-refractivity contribution in [1.82, 2.24) is 5.32 Å². The van der Waals surface area contributed by atoms with Gasteiger partial charge in [0.25, 0.3) is 0 Å². The van der Waals surface area contributed by atoms with Crippen molar-refractivity contribution < 1.29 is 13.2 Å². The van der Waals surface area contributed by atoms with Gasteiger partial charge < -0.3 is 5.32 Å². The zero-order valence-corrected chi connectivity index (χ0v) is 14.4. The number of carbonyl (C=O) groups is 1. The van der Waals surface area contributed by atoms with Crippen LogP contribution in [0.4, 0.5) is 5.69 Å². The Labute approximate surface area is 131 Å². The van der Waals surface area contributed by atoms with E-state index in [9.17, 15) is 13.2 Å². The Hall–Kier alpha value is -1.27. The maximum absolute atomic E-state index is 12.3. The standard InChI is InChI=1S/C14H21ClN2O3S/c1-10(13(18)16-14(2,3)4)17(21(5,19)20)12-8-6-7-11(15)9-12/h6-10H,1-5H3,(H,16,18)/t10-/m0/s1. The summed E-state index contributed by atoms with van der Waals surface area (Å²) in [5.41, 5.74) is -0.0791. The fourth-order valence-electron chi connectivity index (χ4n) is 1.90. The molecule has 0 fully saturated rings. The topological polar surface area (TPSA) is 66.5 Å². The summed E-state index contributed by atoms with van der Waals surface area (Å²) in [6.07, 6.45) is 1.06. The van der Waals surface area contributed by atoms with E-state index in [1.54, 1.807) is 25.1 Å². The zero-order valence-electron chi connectivity index (χ0n) is 12.8. The number of nitrogens with one attached hydrogen (secondary N) is 1. The number of sulfonamides is 1. The van der Waals surface area contributed by atoms with Crippen LogP contribution in [0.2, 0.25) is 5.02 Å². The first kappa shape index (κ1) is 17.8. The number of benzene rings is 1. The molecule has 0 aliphatic rings. The molecule has 5 nitrogen and oxygen atoms in total. The lowest BCUT2D eigenvalue weighted by Crippen LogP contribution is -2.52. The van der Waals surface area contributed by atoms with Gasteiger partial charge in [-0.05, 0) is 45.9 Å². The van der Waals surface area contributed by atoms with Gasteiger partial charge in [-0.15, -0.1) is 0 Å². The molecule has 0 spiro atoms.